The molecule has 0 bridgehead atoms. The minimum absolute atomic E-state index is 0.143. The van der Waals surface area contributed by atoms with Gasteiger partial charge in [-0.1, -0.05) is 0 Å². The molecule has 2 aromatic rings. The summed E-state index contributed by atoms with van der Waals surface area (Å²) in [7, 11) is 1.55. The zero-order valence-electron chi connectivity index (χ0n) is 8.34. The predicted octanol–water partition coefficient (Wildman–Crippen LogP) is 2.09. The van der Waals surface area contributed by atoms with Gasteiger partial charge in [-0.3, -0.25) is 4.68 Å². The van der Waals surface area contributed by atoms with Crippen LogP contribution in [0.4, 0.5) is 19.0 Å². The Hall–Kier alpha value is -1.98. The average Bonchev–Trinajstić information content (AvgIpc) is 2.54. The van der Waals surface area contributed by atoms with Crippen LogP contribution in [0.1, 0.15) is 0 Å². The zero-order chi connectivity index (χ0) is 11.9. The van der Waals surface area contributed by atoms with Gasteiger partial charge >= 0.3 is 0 Å². The van der Waals surface area contributed by atoms with E-state index < -0.39 is 17.5 Å². The minimum atomic E-state index is -1.25. The van der Waals surface area contributed by atoms with E-state index in [9.17, 15) is 13.2 Å². The van der Waals surface area contributed by atoms with E-state index in [0.717, 1.165) is 6.07 Å². The minimum Gasteiger partial charge on any atom is -0.383 e. The van der Waals surface area contributed by atoms with Crippen molar-refractivity contribution < 1.29 is 13.2 Å². The third-order valence-corrected chi connectivity index (χ3v) is 2.27. The molecule has 16 heavy (non-hydrogen) atoms. The van der Waals surface area contributed by atoms with Crippen molar-refractivity contribution in [3.05, 3.63) is 35.8 Å². The lowest BCUT2D eigenvalue weighted by atomic mass is 10.1. The molecule has 2 rings (SSSR count). The second kappa shape index (κ2) is 3.55. The van der Waals surface area contributed by atoms with Crippen molar-refractivity contribution in [3.63, 3.8) is 0 Å². The molecule has 3 nitrogen and oxygen atoms in total. The molecule has 0 fully saturated rings. The molecule has 0 aliphatic carbocycles. The van der Waals surface area contributed by atoms with Crippen LogP contribution in [0.15, 0.2) is 18.3 Å². The third-order valence-electron chi connectivity index (χ3n) is 2.27. The van der Waals surface area contributed by atoms with Crippen LogP contribution < -0.4 is 5.73 Å². The fourth-order valence-electron chi connectivity index (χ4n) is 1.41. The normalized spacial score (nSPS) is 10.8. The van der Waals surface area contributed by atoms with E-state index >= 15 is 0 Å². The van der Waals surface area contributed by atoms with Crippen LogP contribution in [0.25, 0.3) is 11.1 Å². The van der Waals surface area contributed by atoms with Gasteiger partial charge in [-0.05, 0) is 6.07 Å². The van der Waals surface area contributed by atoms with Crippen LogP contribution in [-0.4, -0.2) is 9.78 Å². The van der Waals surface area contributed by atoms with Gasteiger partial charge < -0.3 is 5.73 Å². The smallest absolute Gasteiger partial charge is 0.167 e. The maximum Gasteiger partial charge on any atom is 0.167 e. The highest BCUT2D eigenvalue weighted by Crippen LogP contribution is 2.29. The quantitative estimate of drug-likeness (QED) is 0.758. The van der Waals surface area contributed by atoms with Crippen LogP contribution in [-0.2, 0) is 7.05 Å². The van der Waals surface area contributed by atoms with Gasteiger partial charge in [0.05, 0.1) is 6.20 Å². The number of hydrogen-bond donors (Lipinski definition) is 1. The summed E-state index contributed by atoms with van der Waals surface area (Å²) in [6, 6.07) is 1.36. The van der Waals surface area contributed by atoms with Crippen LogP contribution in [0.2, 0.25) is 0 Å². The summed E-state index contributed by atoms with van der Waals surface area (Å²) in [6.45, 7) is 0. The van der Waals surface area contributed by atoms with Gasteiger partial charge in [-0.15, -0.1) is 0 Å². The van der Waals surface area contributed by atoms with E-state index in [2.05, 4.69) is 5.10 Å². The molecule has 1 aromatic heterocycles. The van der Waals surface area contributed by atoms with E-state index in [1.165, 1.54) is 10.9 Å². The molecular weight excluding hydrogens is 219 g/mol. The van der Waals surface area contributed by atoms with Crippen LogP contribution in [0, 0.1) is 17.5 Å². The predicted molar refractivity (Wildman–Crippen MR) is 52.9 cm³/mol. The molecular formula is C10H8F3N3. The average molecular weight is 227 g/mol. The Labute approximate surface area is 89.3 Å². The Morgan fingerprint density at radius 1 is 1.19 bits per heavy atom. The Bertz CT molecular complexity index is 548. The first-order valence-corrected chi connectivity index (χ1v) is 4.43. The van der Waals surface area contributed by atoms with Gasteiger partial charge in [0.1, 0.15) is 11.6 Å². The van der Waals surface area contributed by atoms with Gasteiger partial charge in [-0.2, -0.15) is 5.10 Å². The number of benzene rings is 1. The van der Waals surface area contributed by atoms with Crippen LogP contribution >= 0.6 is 0 Å². The Morgan fingerprint density at radius 3 is 2.44 bits per heavy atom. The molecule has 0 aliphatic heterocycles. The topological polar surface area (TPSA) is 43.8 Å². The highest BCUT2D eigenvalue weighted by molar-refractivity contribution is 5.74. The molecule has 0 unspecified atom stereocenters. The van der Waals surface area contributed by atoms with E-state index in [0.29, 0.717) is 6.07 Å². The summed E-state index contributed by atoms with van der Waals surface area (Å²) in [5.41, 5.74) is 5.52. The number of nitrogens with zero attached hydrogens (tertiary/aromatic N) is 2. The van der Waals surface area contributed by atoms with Gasteiger partial charge in [0.2, 0.25) is 0 Å². The summed E-state index contributed by atoms with van der Waals surface area (Å²) in [6.07, 6.45) is 1.26. The van der Waals surface area contributed by atoms with Gasteiger partial charge in [0, 0.05) is 24.2 Å². The number of nitrogens with two attached hydrogens (primary N) is 1. The SMILES string of the molecule is Cn1ncc(-c2cc(F)cc(F)c2F)c1N. The number of aromatic nitrogens is 2. The first kappa shape index (κ1) is 10.5. The molecule has 0 saturated carbocycles. The molecule has 0 atom stereocenters. The Balaban J connectivity index is 2.69. The molecule has 6 heteroatoms. The summed E-state index contributed by atoms with van der Waals surface area (Å²) in [5.74, 6) is -3.11. The molecule has 2 N–H and O–H groups in total. The van der Waals surface area contributed by atoms with E-state index in [1.807, 2.05) is 0 Å². The molecule has 0 aliphatic rings. The van der Waals surface area contributed by atoms with Gasteiger partial charge in [-0.25, -0.2) is 13.2 Å². The van der Waals surface area contributed by atoms with E-state index in [1.54, 1.807) is 7.05 Å². The highest BCUT2D eigenvalue weighted by Gasteiger charge is 2.16. The van der Waals surface area contributed by atoms with Crippen molar-refractivity contribution >= 4 is 5.82 Å². The Kier molecular flexibility index (Phi) is 2.34. The molecule has 1 aromatic carbocycles. The van der Waals surface area contributed by atoms with E-state index in [4.69, 9.17) is 5.73 Å². The lowest BCUT2D eigenvalue weighted by molar-refractivity contribution is 0.497. The van der Waals surface area contributed by atoms with Crippen LogP contribution in [0.5, 0.6) is 0 Å². The first-order chi connectivity index (χ1) is 7.50. The number of hydrogen-bond acceptors (Lipinski definition) is 2. The van der Waals surface area contributed by atoms with Crippen molar-refractivity contribution in [1.29, 1.82) is 0 Å². The standard InChI is InChI=1S/C10H8F3N3/c1-16-10(14)7(4-15-16)6-2-5(11)3-8(12)9(6)13/h2-4H,14H2,1H3. The second-order valence-corrected chi connectivity index (χ2v) is 3.32. The monoisotopic (exact) mass is 227 g/mol. The highest BCUT2D eigenvalue weighted by atomic mass is 19.2. The fourth-order valence-corrected chi connectivity index (χ4v) is 1.41. The van der Waals surface area contributed by atoms with Crippen molar-refractivity contribution in [2.75, 3.05) is 5.73 Å². The lowest BCUT2D eigenvalue weighted by Gasteiger charge is -2.03. The molecule has 0 spiro atoms. The summed E-state index contributed by atoms with van der Waals surface area (Å²) in [4.78, 5) is 0. The number of nitrogen functional groups attached to an aromatic ring is 1. The lowest BCUT2D eigenvalue weighted by Crippen LogP contribution is -1.99. The number of aryl methyl sites for hydroxylation is 1. The summed E-state index contributed by atoms with van der Waals surface area (Å²) < 4.78 is 40.7. The molecule has 0 radical (unpaired) electrons. The molecule has 0 amide bonds. The second-order valence-electron chi connectivity index (χ2n) is 3.32. The molecule has 1 heterocycles. The number of rotatable bonds is 1. The maximum absolute atomic E-state index is 13.4. The number of anilines is 1. The van der Waals surface area contributed by atoms with Gasteiger partial charge in [0.25, 0.3) is 0 Å². The van der Waals surface area contributed by atoms with Crippen molar-refractivity contribution in [1.82, 2.24) is 9.78 Å². The molecule has 84 valence electrons. The van der Waals surface area contributed by atoms with Crippen molar-refractivity contribution in [2.24, 2.45) is 7.05 Å². The molecule has 0 saturated heterocycles. The van der Waals surface area contributed by atoms with E-state index in [-0.39, 0.29) is 16.9 Å². The fraction of sp³-hybridized carbons (Fsp3) is 0.100. The first-order valence-electron chi connectivity index (χ1n) is 4.43. The van der Waals surface area contributed by atoms with Gasteiger partial charge in [0.15, 0.2) is 11.6 Å². The third kappa shape index (κ3) is 1.52. The number of halogens is 3. The maximum atomic E-state index is 13.4. The largest absolute Gasteiger partial charge is 0.383 e. The summed E-state index contributed by atoms with van der Waals surface area (Å²) >= 11 is 0. The Morgan fingerprint density at radius 2 is 1.88 bits per heavy atom. The van der Waals surface area contributed by atoms with Crippen LogP contribution in [0.3, 0.4) is 0 Å². The zero-order valence-corrected chi connectivity index (χ0v) is 8.34. The van der Waals surface area contributed by atoms with Crippen molar-refractivity contribution in [2.45, 2.75) is 0 Å². The van der Waals surface area contributed by atoms with Crippen molar-refractivity contribution in [3.8, 4) is 11.1 Å². The summed E-state index contributed by atoms with van der Waals surface area (Å²) in [5, 5.41) is 3.77.